The van der Waals surface area contributed by atoms with Crippen LogP contribution in [0.2, 0.25) is 0 Å². The third-order valence-electron chi connectivity index (χ3n) is 2.27. The molecule has 2 rings (SSSR count). The number of halogens is 1. The molecule has 0 aliphatic carbocycles. The van der Waals surface area contributed by atoms with Crippen molar-refractivity contribution < 1.29 is 9.18 Å². The van der Waals surface area contributed by atoms with E-state index in [1.807, 2.05) is 0 Å². The molecule has 0 saturated heterocycles. The first-order valence-electron chi connectivity index (χ1n) is 5.54. The summed E-state index contributed by atoms with van der Waals surface area (Å²) in [7, 11) is 0. The number of nitrogens with one attached hydrogen (secondary N) is 1. The molecule has 1 heterocycles. The second-order valence-corrected chi connectivity index (χ2v) is 4.71. The predicted octanol–water partition coefficient (Wildman–Crippen LogP) is 2.53. The van der Waals surface area contributed by atoms with E-state index in [0.717, 1.165) is 0 Å². The van der Waals surface area contributed by atoms with Gasteiger partial charge in [0.25, 0.3) is 0 Å². The van der Waals surface area contributed by atoms with Crippen LogP contribution >= 0.6 is 11.8 Å². The number of carbonyl (C=O) groups excluding carboxylic acids is 1. The van der Waals surface area contributed by atoms with Crippen molar-refractivity contribution in [3.63, 3.8) is 0 Å². The Kier molecular flexibility index (Phi) is 4.35. The molecule has 0 bridgehead atoms. The summed E-state index contributed by atoms with van der Waals surface area (Å²) >= 11 is 1.26. The van der Waals surface area contributed by atoms with E-state index in [1.54, 1.807) is 18.3 Å². The van der Waals surface area contributed by atoms with E-state index in [4.69, 9.17) is 5.73 Å². The molecule has 3 N–H and O–H groups in total. The minimum absolute atomic E-state index is 0.193. The molecule has 1 aromatic carbocycles. The Morgan fingerprint density at radius 3 is 2.74 bits per heavy atom. The minimum atomic E-state index is -0.339. The van der Waals surface area contributed by atoms with Crippen LogP contribution in [0.5, 0.6) is 0 Å². The Morgan fingerprint density at radius 1 is 1.32 bits per heavy atom. The highest BCUT2D eigenvalue weighted by Gasteiger charge is 2.06. The van der Waals surface area contributed by atoms with Crippen LogP contribution in [0, 0.1) is 5.82 Å². The van der Waals surface area contributed by atoms with E-state index < -0.39 is 0 Å². The van der Waals surface area contributed by atoms with E-state index in [0.29, 0.717) is 16.4 Å². The number of benzene rings is 1. The summed E-state index contributed by atoms with van der Waals surface area (Å²) in [5, 5.41) is 3.29. The number of hydrogen-bond acceptors (Lipinski definition) is 4. The Balaban J connectivity index is 1.88. The number of amides is 1. The zero-order valence-corrected chi connectivity index (χ0v) is 10.8. The number of nitrogens with zero attached hydrogens (tertiary/aromatic N) is 1. The zero-order chi connectivity index (χ0) is 13.7. The van der Waals surface area contributed by atoms with E-state index >= 15 is 0 Å². The average Bonchev–Trinajstić information content (AvgIpc) is 2.40. The first-order valence-corrected chi connectivity index (χ1v) is 6.52. The summed E-state index contributed by atoms with van der Waals surface area (Å²) < 4.78 is 12.7. The van der Waals surface area contributed by atoms with Crippen LogP contribution in [0.1, 0.15) is 0 Å². The number of carbonyl (C=O) groups is 1. The third kappa shape index (κ3) is 3.96. The molecular formula is C13H12FN3OS. The van der Waals surface area contributed by atoms with Crippen LogP contribution in [0.25, 0.3) is 0 Å². The maximum Gasteiger partial charge on any atom is 0.234 e. The van der Waals surface area contributed by atoms with Crippen molar-refractivity contribution in [3.8, 4) is 0 Å². The van der Waals surface area contributed by atoms with Gasteiger partial charge in [-0.05, 0) is 36.4 Å². The predicted molar refractivity (Wildman–Crippen MR) is 74.4 cm³/mol. The van der Waals surface area contributed by atoms with Crippen molar-refractivity contribution in [2.45, 2.75) is 5.03 Å². The number of pyridine rings is 1. The van der Waals surface area contributed by atoms with Gasteiger partial charge >= 0.3 is 0 Å². The van der Waals surface area contributed by atoms with Crippen molar-refractivity contribution in [2.24, 2.45) is 0 Å². The third-order valence-corrected chi connectivity index (χ3v) is 3.29. The van der Waals surface area contributed by atoms with Gasteiger partial charge in [-0.15, -0.1) is 0 Å². The van der Waals surface area contributed by atoms with Crippen molar-refractivity contribution in [1.82, 2.24) is 4.98 Å². The van der Waals surface area contributed by atoms with Crippen LogP contribution < -0.4 is 11.1 Å². The average molecular weight is 277 g/mol. The molecule has 6 heteroatoms. The van der Waals surface area contributed by atoms with E-state index in [9.17, 15) is 9.18 Å². The second kappa shape index (κ2) is 6.19. The van der Waals surface area contributed by atoms with Gasteiger partial charge < -0.3 is 11.1 Å². The molecular weight excluding hydrogens is 265 g/mol. The molecule has 0 saturated carbocycles. The molecule has 0 spiro atoms. The number of rotatable bonds is 4. The van der Waals surface area contributed by atoms with Gasteiger partial charge in [0, 0.05) is 11.9 Å². The maximum absolute atomic E-state index is 12.7. The SMILES string of the molecule is Nc1cccnc1SCC(=O)Nc1ccc(F)cc1. The first-order chi connectivity index (χ1) is 9.15. The minimum Gasteiger partial charge on any atom is -0.397 e. The standard InChI is InChI=1S/C13H12FN3OS/c14-9-3-5-10(6-4-9)17-12(18)8-19-13-11(15)2-1-7-16-13/h1-7H,8,15H2,(H,17,18). The molecule has 1 aromatic heterocycles. The fraction of sp³-hybridized carbons (Fsp3) is 0.0769. The van der Waals surface area contributed by atoms with Gasteiger partial charge in [0.15, 0.2) is 0 Å². The first kappa shape index (κ1) is 13.4. The van der Waals surface area contributed by atoms with Crippen molar-refractivity contribution in [1.29, 1.82) is 0 Å². The lowest BCUT2D eigenvalue weighted by Gasteiger charge is -2.05. The molecule has 0 aliphatic rings. The van der Waals surface area contributed by atoms with Crippen molar-refractivity contribution in [3.05, 3.63) is 48.4 Å². The van der Waals surface area contributed by atoms with Gasteiger partial charge in [0.05, 0.1) is 11.4 Å². The highest BCUT2D eigenvalue weighted by atomic mass is 32.2. The van der Waals surface area contributed by atoms with Gasteiger partial charge in [-0.3, -0.25) is 4.79 Å². The molecule has 4 nitrogen and oxygen atoms in total. The lowest BCUT2D eigenvalue weighted by atomic mass is 10.3. The van der Waals surface area contributed by atoms with Crippen LogP contribution in [0.15, 0.2) is 47.6 Å². The summed E-state index contributed by atoms with van der Waals surface area (Å²) in [6.07, 6.45) is 1.62. The Hall–Kier alpha value is -2.08. The number of thioether (sulfide) groups is 1. The van der Waals surface area contributed by atoms with Crippen LogP contribution in [-0.4, -0.2) is 16.6 Å². The maximum atomic E-state index is 12.7. The van der Waals surface area contributed by atoms with Crippen molar-refractivity contribution in [2.75, 3.05) is 16.8 Å². The van der Waals surface area contributed by atoms with Crippen LogP contribution in [-0.2, 0) is 4.79 Å². The molecule has 0 radical (unpaired) electrons. The Labute approximate surface area is 114 Å². The largest absolute Gasteiger partial charge is 0.397 e. The summed E-state index contributed by atoms with van der Waals surface area (Å²) in [4.78, 5) is 15.8. The Morgan fingerprint density at radius 2 is 2.05 bits per heavy atom. The zero-order valence-electron chi connectivity index (χ0n) is 9.97. The molecule has 0 atom stereocenters. The number of nitrogen functional groups attached to an aromatic ring is 1. The van der Waals surface area contributed by atoms with Gasteiger partial charge in [0.2, 0.25) is 5.91 Å². The smallest absolute Gasteiger partial charge is 0.234 e. The second-order valence-electron chi connectivity index (χ2n) is 3.74. The van der Waals surface area contributed by atoms with Crippen LogP contribution in [0.3, 0.4) is 0 Å². The van der Waals surface area contributed by atoms with Gasteiger partial charge in [-0.1, -0.05) is 11.8 Å². The lowest BCUT2D eigenvalue weighted by molar-refractivity contribution is -0.113. The van der Waals surface area contributed by atoms with Gasteiger partial charge in [-0.25, -0.2) is 9.37 Å². The molecule has 0 unspecified atom stereocenters. The summed E-state index contributed by atoms with van der Waals surface area (Å²) in [5.41, 5.74) is 6.82. The van der Waals surface area contributed by atoms with Gasteiger partial charge in [0.1, 0.15) is 10.8 Å². The quantitative estimate of drug-likeness (QED) is 0.843. The summed E-state index contributed by atoms with van der Waals surface area (Å²) in [5.74, 6) is -0.339. The van der Waals surface area contributed by atoms with Crippen LogP contribution in [0.4, 0.5) is 15.8 Å². The number of aromatic nitrogens is 1. The molecule has 1 amide bonds. The number of nitrogens with two attached hydrogens (primary N) is 1. The number of hydrogen-bond donors (Lipinski definition) is 2. The molecule has 19 heavy (non-hydrogen) atoms. The lowest BCUT2D eigenvalue weighted by Crippen LogP contribution is -2.14. The van der Waals surface area contributed by atoms with E-state index in [-0.39, 0.29) is 17.5 Å². The van der Waals surface area contributed by atoms with Crippen molar-refractivity contribution >= 4 is 29.0 Å². The fourth-order valence-corrected chi connectivity index (χ4v) is 2.10. The highest BCUT2D eigenvalue weighted by molar-refractivity contribution is 8.00. The molecule has 0 fully saturated rings. The topological polar surface area (TPSA) is 68.0 Å². The summed E-state index contributed by atoms with van der Waals surface area (Å²) in [6.45, 7) is 0. The molecule has 0 aliphatic heterocycles. The van der Waals surface area contributed by atoms with E-state index in [2.05, 4.69) is 10.3 Å². The molecule has 98 valence electrons. The fourth-order valence-electron chi connectivity index (χ4n) is 1.39. The monoisotopic (exact) mass is 277 g/mol. The number of anilines is 2. The molecule has 2 aromatic rings. The van der Waals surface area contributed by atoms with E-state index in [1.165, 1.54) is 36.0 Å². The Bertz CT molecular complexity index is 574. The summed E-state index contributed by atoms with van der Waals surface area (Å²) in [6, 6.07) is 9.06. The normalized spacial score (nSPS) is 10.2. The van der Waals surface area contributed by atoms with Gasteiger partial charge in [-0.2, -0.15) is 0 Å². The highest BCUT2D eigenvalue weighted by Crippen LogP contribution is 2.21.